The Hall–Kier alpha value is -3.57. The van der Waals surface area contributed by atoms with Crippen molar-refractivity contribution >= 4 is 21.7 Å². The van der Waals surface area contributed by atoms with Gasteiger partial charge in [-0.3, -0.25) is 14.2 Å². The zero-order valence-corrected chi connectivity index (χ0v) is 19.4. The van der Waals surface area contributed by atoms with Crippen molar-refractivity contribution < 1.29 is 19.4 Å². The van der Waals surface area contributed by atoms with Gasteiger partial charge in [-0.25, -0.2) is 0 Å². The Labute approximate surface area is 193 Å². The Balaban J connectivity index is 2.07. The van der Waals surface area contributed by atoms with E-state index in [2.05, 4.69) is 15.9 Å². The van der Waals surface area contributed by atoms with E-state index in [1.54, 1.807) is 36.4 Å². The number of hydrogen-bond donors (Lipinski definition) is 1. The molecule has 0 amide bonds. The van der Waals surface area contributed by atoms with E-state index in [-0.39, 0.29) is 23.2 Å². The quantitative estimate of drug-likeness (QED) is 0.496. The van der Waals surface area contributed by atoms with Crippen LogP contribution in [0.5, 0.6) is 17.4 Å². The van der Waals surface area contributed by atoms with E-state index < -0.39 is 17.2 Å². The topological polar surface area (TPSA) is 102 Å². The van der Waals surface area contributed by atoms with Crippen LogP contribution in [0.4, 0.5) is 0 Å². The molecule has 1 aromatic heterocycles. The first-order valence-electron chi connectivity index (χ1n) is 9.70. The number of benzene rings is 2. The molecule has 0 spiro atoms. The van der Waals surface area contributed by atoms with Crippen molar-refractivity contribution in [1.82, 2.24) is 4.57 Å². The second-order valence-electron chi connectivity index (χ2n) is 7.02. The molecule has 1 heterocycles. The summed E-state index contributed by atoms with van der Waals surface area (Å²) in [5.74, 6) is 0.157. The van der Waals surface area contributed by atoms with Gasteiger partial charge in [0.25, 0.3) is 5.56 Å². The normalized spacial score (nSPS) is 10.5. The molecule has 0 radical (unpaired) electrons. The minimum Gasteiger partial charge on any atom is -0.494 e. The standard InChI is InChI=1S/C24H21BrN2O5/c1-14-17(13-26)23(29)27(11-10-15-8-9-19(31-2)20(12-15)32-3)24(30)21(14)22(28)16-6-4-5-7-18(16)25/h4-9,12,30H,10-11H2,1-3H3. The monoisotopic (exact) mass is 496 g/mol. The van der Waals surface area contributed by atoms with Crippen LogP contribution in [0.3, 0.4) is 0 Å². The van der Waals surface area contributed by atoms with Crippen LogP contribution in [0.15, 0.2) is 51.7 Å². The summed E-state index contributed by atoms with van der Waals surface area (Å²) in [6.07, 6.45) is 0.352. The zero-order chi connectivity index (χ0) is 23.4. The molecule has 3 rings (SSSR count). The van der Waals surface area contributed by atoms with Gasteiger partial charge in [0.05, 0.1) is 19.8 Å². The number of halogens is 1. The Morgan fingerprint density at radius 1 is 1.16 bits per heavy atom. The first-order valence-corrected chi connectivity index (χ1v) is 10.5. The van der Waals surface area contributed by atoms with Gasteiger partial charge in [-0.1, -0.05) is 34.1 Å². The van der Waals surface area contributed by atoms with Gasteiger partial charge in [-0.15, -0.1) is 0 Å². The van der Waals surface area contributed by atoms with E-state index in [0.29, 0.717) is 28.0 Å². The summed E-state index contributed by atoms with van der Waals surface area (Å²) < 4.78 is 12.1. The number of ketones is 1. The predicted octanol–water partition coefficient (Wildman–Crippen LogP) is 3.99. The van der Waals surface area contributed by atoms with Gasteiger partial charge in [0.1, 0.15) is 11.6 Å². The highest BCUT2D eigenvalue weighted by atomic mass is 79.9. The summed E-state index contributed by atoms with van der Waals surface area (Å²) in [7, 11) is 3.06. The smallest absolute Gasteiger partial charge is 0.271 e. The molecule has 7 nitrogen and oxygen atoms in total. The van der Waals surface area contributed by atoms with Crippen LogP contribution >= 0.6 is 15.9 Å². The number of nitrogens with zero attached hydrogens (tertiary/aromatic N) is 2. The van der Waals surface area contributed by atoms with Gasteiger partial charge in [0.15, 0.2) is 17.3 Å². The van der Waals surface area contributed by atoms with Crippen LogP contribution in [0.25, 0.3) is 0 Å². The van der Waals surface area contributed by atoms with Crippen molar-refractivity contribution in [3.05, 3.63) is 85.1 Å². The predicted molar refractivity (Wildman–Crippen MR) is 123 cm³/mol. The molecule has 8 heteroatoms. The number of carbonyl (C=O) groups excluding carboxylic acids is 1. The number of aromatic nitrogens is 1. The fourth-order valence-corrected chi connectivity index (χ4v) is 3.95. The molecule has 2 aromatic carbocycles. The maximum atomic E-state index is 13.2. The second-order valence-corrected chi connectivity index (χ2v) is 7.87. The van der Waals surface area contributed by atoms with Crippen molar-refractivity contribution in [2.45, 2.75) is 19.9 Å². The average Bonchev–Trinajstić information content (AvgIpc) is 2.79. The molecule has 0 atom stereocenters. The third-order valence-electron chi connectivity index (χ3n) is 5.22. The first-order chi connectivity index (χ1) is 15.3. The minimum absolute atomic E-state index is 0.0609. The summed E-state index contributed by atoms with van der Waals surface area (Å²) in [6.45, 7) is 1.55. The Morgan fingerprint density at radius 3 is 2.47 bits per heavy atom. The largest absolute Gasteiger partial charge is 0.494 e. The highest BCUT2D eigenvalue weighted by molar-refractivity contribution is 9.10. The molecule has 0 aliphatic carbocycles. The summed E-state index contributed by atoms with van der Waals surface area (Å²) >= 11 is 3.34. The average molecular weight is 497 g/mol. The fraction of sp³-hybridized carbons (Fsp3) is 0.208. The van der Waals surface area contributed by atoms with Gasteiger partial charge in [-0.05, 0) is 48.7 Å². The van der Waals surface area contributed by atoms with E-state index in [9.17, 15) is 20.0 Å². The summed E-state index contributed by atoms with van der Waals surface area (Å²) in [5, 5.41) is 20.5. The van der Waals surface area contributed by atoms with Crippen LogP contribution < -0.4 is 15.0 Å². The number of carbonyl (C=O) groups is 1. The number of aromatic hydroxyl groups is 1. The van der Waals surface area contributed by atoms with E-state index in [1.807, 2.05) is 12.1 Å². The Kier molecular flexibility index (Phi) is 7.01. The molecule has 0 fully saturated rings. The SMILES string of the molecule is COc1ccc(CCn2c(O)c(C(=O)c3ccccc3Br)c(C)c(C#N)c2=O)cc1OC. The summed E-state index contributed by atoms with van der Waals surface area (Å²) in [6, 6.07) is 14.0. The minimum atomic E-state index is -0.647. The molecule has 32 heavy (non-hydrogen) atoms. The highest BCUT2D eigenvalue weighted by Crippen LogP contribution is 2.30. The zero-order valence-electron chi connectivity index (χ0n) is 17.8. The van der Waals surface area contributed by atoms with Crippen LogP contribution in [-0.4, -0.2) is 29.7 Å². The molecule has 0 saturated heterocycles. The number of nitriles is 1. The number of methoxy groups -OCH3 is 2. The first kappa shape index (κ1) is 23.1. The van der Waals surface area contributed by atoms with E-state index in [1.165, 1.54) is 21.1 Å². The highest BCUT2D eigenvalue weighted by Gasteiger charge is 2.25. The lowest BCUT2D eigenvalue weighted by atomic mass is 9.97. The lowest BCUT2D eigenvalue weighted by molar-refractivity contribution is 0.103. The third-order valence-corrected chi connectivity index (χ3v) is 5.91. The van der Waals surface area contributed by atoms with Gasteiger partial charge in [0.2, 0.25) is 5.88 Å². The van der Waals surface area contributed by atoms with Gasteiger partial charge < -0.3 is 14.6 Å². The van der Waals surface area contributed by atoms with E-state index in [0.717, 1.165) is 10.1 Å². The molecule has 1 N–H and O–H groups in total. The van der Waals surface area contributed by atoms with Gasteiger partial charge in [-0.2, -0.15) is 5.26 Å². The number of ether oxygens (including phenoxy) is 2. The molecular weight excluding hydrogens is 476 g/mol. The van der Waals surface area contributed by atoms with Crippen LogP contribution in [-0.2, 0) is 13.0 Å². The van der Waals surface area contributed by atoms with Gasteiger partial charge in [0, 0.05) is 16.6 Å². The molecule has 0 aliphatic heterocycles. The van der Waals surface area contributed by atoms with Gasteiger partial charge >= 0.3 is 0 Å². The number of hydrogen-bond acceptors (Lipinski definition) is 6. The molecule has 0 bridgehead atoms. The maximum absolute atomic E-state index is 13.2. The van der Waals surface area contributed by atoms with Crippen molar-refractivity contribution in [2.75, 3.05) is 14.2 Å². The lowest BCUT2D eigenvalue weighted by Gasteiger charge is -2.16. The molecule has 164 valence electrons. The molecule has 0 unspecified atom stereocenters. The van der Waals surface area contributed by atoms with Crippen molar-refractivity contribution in [2.24, 2.45) is 0 Å². The Morgan fingerprint density at radius 2 is 1.84 bits per heavy atom. The number of aryl methyl sites for hydroxylation is 1. The van der Waals surface area contributed by atoms with Crippen LogP contribution in [0.1, 0.15) is 32.6 Å². The van der Waals surface area contributed by atoms with Crippen LogP contribution in [0.2, 0.25) is 0 Å². The van der Waals surface area contributed by atoms with Crippen molar-refractivity contribution in [3.63, 3.8) is 0 Å². The molecule has 0 aliphatic rings. The second kappa shape index (κ2) is 9.71. The third kappa shape index (κ3) is 4.25. The molecule has 3 aromatic rings. The number of rotatable bonds is 7. The Bertz CT molecular complexity index is 1290. The summed E-state index contributed by atoms with van der Waals surface area (Å²) in [4.78, 5) is 26.1. The fourth-order valence-electron chi connectivity index (χ4n) is 3.49. The lowest BCUT2D eigenvalue weighted by Crippen LogP contribution is -2.27. The van der Waals surface area contributed by atoms with Crippen LogP contribution in [0, 0.1) is 18.3 Å². The number of pyridine rings is 1. The van der Waals surface area contributed by atoms with E-state index >= 15 is 0 Å². The van der Waals surface area contributed by atoms with Crippen molar-refractivity contribution in [1.29, 1.82) is 5.26 Å². The summed E-state index contributed by atoms with van der Waals surface area (Å²) in [5.41, 5.74) is 0.405. The molecule has 0 saturated carbocycles. The molecular formula is C24H21BrN2O5. The van der Waals surface area contributed by atoms with E-state index in [4.69, 9.17) is 9.47 Å². The maximum Gasteiger partial charge on any atom is 0.271 e. The van der Waals surface area contributed by atoms with Crippen molar-refractivity contribution in [3.8, 4) is 23.4 Å².